The van der Waals surface area contributed by atoms with E-state index in [1.165, 1.54) is 6.08 Å². The van der Waals surface area contributed by atoms with Crippen LogP contribution in [0.1, 0.15) is 11.1 Å². The molecular weight excluding hydrogens is 576 g/mol. The lowest BCUT2D eigenvalue weighted by atomic mass is 10.1. The number of nitrogens with one attached hydrogen (secondary N) is 1. The molecule has 1 heterocycles. The van der Waals surface area contributed by atoms with Gasteiger partial charge in [-0.1, -0.05) is 61.7 Å². The van der Waals surface area contributed by atoms with Crippen LogP contribution in [-0.2, 0) is 16.2 Å². The zero-order valence-corrected chi connectivity index (χ0v) is 20.8. The SMILES string of the molecule is O=C1NC(=O)N(c2ccc(Br)cc2)C(=O)/C1=C/c1cc(Br)ccc1OCc1ccccc1Cl. The summed E-state index contributed by atoms with van der Waals surface area (Å²) >= 11 is 12.9. The molecule has 0 atom stereocenters. The number of amides is 4. The third kappa shape index (κ3) is 5.19. The lowest BCUT2D eigenvalue weighted by molar-refractivity contribution is -0.122. The molecule has 1 aliphatic rings. The van der Waals surface area contributed by atoms with E-state index in [2.05, 4.69) is 37.2 Å². The van der Waals surface area contributed by atoms with Crippen molar-refractivity contribution < 1.29 is 19.1 Å². The number of hydrogen-bond donors (Lipinski definition) is 1. The van der Waals surface area contributed by atoms with E-state index >= 15 is 0 Å². The van der Waals surface area contributed by atoms with Crippen molar-refractivity contribution in [3.63, 3.8) is 0 Å². The Labute approximate surface area is 211 Å². The van der Waals surface area contributed by atoms with Gasteiger partial charge in [-0.15, -0.1) is 0 Å². The van der Waals surface area contributed by atoms with Crippen LogP contribution in [0.2, 0.25) is 5.02 Å². The van der Waals surface area contributed by atoms with E-state index in [-0.39, 0.29) is 12.2 Å². The first kappa shape index (κ1) is 23.2. The number of urea groups is 1. The Bertz CT molecular complexity index is 1290. The Kier molecular flexibility index (Phi) is 6.97. The van der Waals surface area contributed by atoms with E-state index in [0.29, 0.717) is 22.0 Å². The zero-order chi connectivity index (χ0) is 23.5. The van der Waals surface area contributed by atoms with Crippen molar-refractivity contribution in [1.82, 2.24) is 5.32 Å². The average Bonchev–Trinajstić information content (AvgIpc) is 2.78. The molecule has 0 unspecified atom stereocenters. The van der Waals surface area contributed by atoms with Crippen LogP contribution in [-0.4, -0.2) is 17.8 Å². The maximum atomic E-state index is 13.2. The Balaban J connectivity index is 1.68. The Morgan fingerprint density at radius 2 is 1.64 bits per heavy atom. The molecule has 1 aliphatic heterocycles. The third-order valence-corrected chi connectivity index (χ3v) is 6.19. The number of hydrogen-bond acceptors (Lipinski definition) is 4. The minimum absolute atomic E-state index is 0.196. The van der Waals surface area contributed by atoms with Crippen molar-refractivity contribution in [3.8, 4) is 5.75 Å². The molecule has 0 aliphatic carbocycles. The standard InChI is InChI=1S/C24H15Br2ClN2O4/c25-16-5-8-18(9-6-16)29-23(31)19(22(30)28-24(29)32)12-15-11-17(26)7-10-21(15)33-13-14-3-1-2-4-20(14)27/h1-12H,13H2,(H,28,30,32)/b19-12+. The second kappa shape index (κ2) is 9.91. The molecule has 0 bridgehead atoms. The van der Waals surface area contributed by atoms with Crippen LogP contribution in [0.25, 0.3) is 6.08 Å². The minimum atomic E-state index is -0.811. The summed E-state index contributed by atoms with van der Waals surface area (Å²) in [5.74, 6) is -1.07. The van der Waals surface area contributed by atoms with Crippen LogP contribution in [0.4, 0.5) is 10.5 Å². The van der Waals surface area contributed by atoms with E-state index in [1.807, 2.05) is 18.2 Å². The number of imide groups is 2. The number of nitrogens with zero attached hydrogens (tertiary/aromatic N) is 1. The molecule has 6 nitrogen and oxygen atoms in total. The maximum absolute atomic E-state index is 13.2. The molecular formula is C24H15Br2ClN2O4. The molecule has 33 heavy (non-hydrogen) atoms. The van der Waals surface area contributed by atoms with Gasteiger partial charge in [0.1, 0.15) is 17.9 Å². The van der Waals surface area contributed by atoms with Gasteiger partial charge in [-0.3, -0.25) is 14.9 Å². The molecule has 0 saturated carbocycles. The largest absolute Gasteiger partial charge is 0.488 e. The second-order valence-corrected chi connectivity index (χ2v) is 9.24. The van der Waals surface area contributed by atoms with Gasteiger partial charge in [0.15, 0.2) is 0 Å². The average molecular weight is 591 g/mol. The molecule has 1 saturated heterocycles. The van der Waals surface area contributed by atoms with Gasteiger partial charge < -0.3 is 4.74 Å². The number of ether oxygens (including phenoxy) is 1. The van der Waals surface area contributed by atoms with Crippen LogP contribution >= 0.6 is 43.5 Å². The highest BCUT2D eigenvalue weighted by Crippen LogP contribution is 2.29. The molecule has 1 fully saturated rings. The van der Waals surface area contributed by atoms with Crippen LogP contribution in [0.3, 0.4) is 0 Å². The number of carbonyl (C=O) groups excluding carboxylic acids is 3. The quantitative estimate of drug-likeness (QED) is 0.288. The number of halogens is 3. The van der Waals surface area contributed by atoms with Crippen molar-refractivity contribution >= 4 is 73.1 Å². The number of carbonyl (C=O) groups is 3. The van der Waals surface area contributed by atoms with Crippen LogP contribution < -0.4 is 15.0 Å². The van der Waals surface area contributed by atoms with Crippen molar-refractivity contribution in [3.05, 3.63) is 97.4 Å². The number of barbiturate groups is 1. The highest BCUT2D eigenvalue weighted by molar-refractivity contribution is 9.10. The van der Waals surface area contributed by atoms with Gasteiger partial charge in [0.2, 0.25) is 0 Å². The molecule has 4 rings (SSSR count). The molecule has 3 aromatic carbocycles. The van der Waals surface area contributed by atoms with Gasteiger partial charge in [-0.05, 0) is 54.6 Å². The summed E-state index contributed by atoms with van der Waals surface area (Å²) in [5.41, 5.74) is 1.42. The van der Waals surface area contributed by atoms with Gasteiger partial charge in [-0.2, -0.15) is 0 Å². The molecule has 0 radical (unpaired) electrons. The third-order valence-electron chi connectivity index (χ3n) is 4.80. The molecule has 1 N–H and O–H groups in total. The molecule has 3 aromatic rings. The Morgan fingerprint density at radius 1 is 0.939 bits per heavy atom. The first-order valence-electron chi connectivity index (χ1n) is 9.66. The predicted molar refractivity (Wildman–Crippen MR) is 133 cm³/mol. The summed E-state index contributed by atoms with van der Waals surface area (Å²) in [6.45, 7) is 0.196. The summed E-state index contributed by atoms with van der Waals surface area (Å²) < 4.78 is 7.45. The first-order chi connectivity index (χ1) is 15.8. The van der Waals surface area contributed by atoms with Gasteiger partial charge in [0, 0.05) is 25.1 Å². The highest BCUT2D eigenvalue weighted by atomic mass is 79.9. The smallest absolute Gasteiger partial charge is 0.335 e. The predicted octanol–water partition coefficient (Wildman–Crippen LogP) is 6.11. The fraction of sp³-hybridized carbons (Fsp3) is 0.0417. The Hall–Kier alpha value is -2.94. The Morgan fingerprint density at radius 3 is 2.36 bits per heavy atom. The van der Waals surface area contributed by atoms with Gasteiger partial charge in [0.25, 0.3) is 11.8 Å². The van der Waals surface area contributed by atoms with Gasteiger partial charge in [0.05, 0.1) is 5.69 Å². The van der Waals surface area contributed by atoms with Crippen molar-refractivity contribution in [2.45, 2.75) is 6.61 Å². The van der Waals surface area contributed by atoms with E-state index < -0.39 is 17.8 Å². The second-order valence-electron chi connectivity index (χ2n) is 7.00. The van der Waals surface area contributed by atoms with E-state index in [4.69, 9.17) is 16.3 Å². The first-order valence-corrected chi connectivity index (χ1v) is 11.6. The zero-order valence-electron chi connectivity index (χ0n) is 16.8. The number of anilines is 1. The summed E-state index contributed by atoms with van der Waals surface area (Å²) in [7, 11) is 0. The fourth-order valence-electron chi connectivity index (χ4n) is 3.17. The van der Waals surface area contributed by atoms with Crippen molar-refractivity contribution in [2.24, 2.45) is 0 Å². The monoisotopic (exact) mass is 588 g/mol. The van der Waals surface area contributed by atoms with Crippen LogP contribution in [0, 0.1) is 0 Å². The van der Waals surface area contributed by atoms with Crippen LogP contribution in [0.5, 0.6) is 5.75 Å². The lowest BCUT2D eigenvalue weighted by Gasteiger charge is -2.26. The minimum Gasteiger partial charge on any atom is -0.488 e. The summed E-state index contributed by atoms with van der Waals surface area (Å²) in [5, 5.41) is 2.79. The van der Waals surface area contributed by atoms with E-state index in [1.54, 1.807) is 48.5 Å². The van der Waals surface area contributed by atoms with Crippen molar-refractivity contribution in [1.29, 1.82) is 0 Å². The van der Waals surface area contributed by atoms with Gasteiger partial charge >= 0.3 is 6.03 Å². The summed E-state index contributed by atoms with van der Waals surface area (Å²) in [4.78, 5) is 39.0. The number of rotatable bonds is 5. The molecule has 4 amide bonds. The summed E-state index contributed by atoms with van der Waals surface area (Å²) in [6.07, 6.45) is 1.41. The highest BCUT2D eigenvalue weighted by Gasteiger charge is 2.37. The van der Waals surface area contributed by atoms with Crippen LogP contribution in [0.15, 0.2) is 81.2 Å². The normalized spacial score (nSPS) is 15.1. The fourth-order valence-corrected chi connectivity index (χ4v) is 4.01. The van der Waals surface area contributed by atoms with E-state index in [0.717, 1.165) is 19.4 Å². The molecule has 0 spiro atoms. The molecule has 9 heteroatoms. The maximum Gasteiger partial charge on any atom is 0.335 e. The summed E-state index contributed by atoms with van der Waals surface area (Å²) in [6, 6.07) is 18.3. The van der Waals surface area contributed by atoms with Crippen molar-refractivity contribution in [2.75, 3.05) is 4.90 Å². The van der Waals surface area contributed by atoms with E-state index in [9.17, 15) is 14.4 Å². The number of benzene rings is 3. The topological polar surface area (TPSA) is 75.7 Å². The lowest BCUT2D eigenvalue weighted by Crippen LogP contribution is -2.54. The van der Waals surface area contributed by atoms with Gasteiger partial charge in [-0.25, -0.2) is 9.69 Å². The molecule has 166 valence electrons. The molecule has 0 aromatic heterocycles.